The van der Waals surface area contributed by atoms with Crippen molar-refractivity contribution in [3.8, 4) is 0 Å². The van der Waals surface area contributed by atoms with E-state index >= 15 is 0 Å². The van der Waals surface area contributed by atoms with Crippen molar-refractivity contribution in [1.82, 2.24) is 19.8 Å². The van der Waals surface area contributed by atoms with Crippen molar-refractivity contribution in [2.24, 2.45) is 13.0 Å². The number of piperazine rings is 1. The minimum Gasteiger partial charge on any atom is -0.339 e. The van der Waals surface area contributed by atoms with Crippen LogP contribution >= 0.6 is 0 Å². The Morgan fingerprint density at radius 3 is 2.47 bits per heavy atom. The summed E-state index contributed by atoms with van der Waals surface area (Å²) in [6, 6.07) is 16.6. The lowest BCUT2D eigenvalue weighted by Crippen LogP contribution is -2.54. The minimum atomic E-state index is -3.91. The molecule has 38 heavy (non-hydrogen) atoms. The number of carbonyl (C=O) groups excluding carboxylic acids is 1. The van der Waals surface area contributed by atoms with Crippen molar-refractivity contribution >= 4 is 21.6 Å². The molecule has 8 nitrogen and oxygen atoms in total. The lowest BCUT2D eigenvalue weighted by molar-refractivity contribution is 0.0592. The average Bonchev–Trinajstić information content (AvgIpc) is 3.40. The van der Waals surface area contributed by atoms with E-state index in [0.29, 0.717) is 23.7 Å². The van der Waals surface area contributed by atoms with E-state index in [4.69, 9.17) is 0 Å². The van der Waals surface area contributed by atoms with Gasteiger partial charge in [0.05, 0.1) is 18.6 Å². The molecular weight excluding hydrogens is 498 g/mol. The van der Waals surface area contributed by atoms with Crippen LogP contribution in [0.4, 0.5) is 5.69 Å². The van der Waals surface area contributed by atoms with Gasteiger partial charge in [-0.2, -0.15) is 8.42 Å². The SMILES string of the molecule is Cn1cnc(S(=O)(=O)N(Cc2ccccc2)c2ccc(C(=O)N3CCNCC3CC3CCCCC3)cc2)c1. The summed E-state index contributed by atoms with van der Waals surface area (Å²) in [6.07, 6.45) is 10.5. The highest BCUT2D eigenvalue weighted by molar-refractivity contribution is 7.92. The fourth-order valence-electron chi connectivity index (χ4n) is 5.68. The summed E-state index contributed by atoms with van der Waals surface area (Å²) in [4.78, 5) is 19.7. The molecule has 1 saturated heterocycles. The Morgan fingerprint density at radius 1 is 1.05 bits per heavy atom. The molecule has 5 rings (SSSR count). The molecule has 2 aromatic carbocycles. The van der Waals surface area contributed by atoms with E-state index in [0.717, 1.165) is 25.1 Å². The third-order valence-electron chi connectivity index (χ3n) is 7.75. The third kappa shape index (κ3) is 5.94. The van der Waals surface area contributed by atoms with Gasteiger partial charge in [-0.3, -0.25) is 9.10 Å². The lowest BCUT2D eigenvalue weighted by Gasteiger charge is -2.39. The molecule has 1 N–H and O–H groups in total. The second kappa shape index (κ2) is 11.7. The Hall–Kier alpha value is -3.17. The van der Waals surface area contributed by atoms with Crippen LogP contribution in [0, 0.1) is 5.92 Å². The van der Waals surface area contributed by atoms with Gasteiger partial charge >= 0.3 is 0 Å². The molecule has 1 aromatic heterocycles. The maximum absolute atomic E-state index is 13.6. The number of carbonyl (C=O) groups is 1. The quantitative estimate of drug-likeness (QED) is 0.467. The van der Waals surface area contributed by atoms with Gasteiger partial charge in [-0.1, -0.05) is 62.4 Å². The molecule has 2 aliphatic rings. The van der Waals surface area contributed by atoms with Crippen LogP contribution < -0.4 is 9.62 Å². The molecular formula is C29H37N5O3S. The van der Waals surface area contributed by atoms with E-state index in [1.165, 1.54) is 48.9 Å². The van der Waals surface area contributed by atoms with Crippen molar-refractivity contribution in [3.63, 3.8) is 0 Å². The summed E-state index contributed by atoms with van der Waals surface area (Å²) in [5.41, 5.74) is 1.94. The second-order valence-electron chi connectivity index (χ2n) is 10.5. The summed E-state index contributed by atoms with van der Waals surface area (Å²) in [5, 5.41) is 3.46. The van der Waals surface area contributed by atoms with Gasteiger partial charge < -0.3 is 14.8 Å². The van der Waals surface area contributed by atoms with Crippen molar-refractivity contribution < 1.29 is 13.2 Å². The number of aryl methyl sites for hydroxylation is 1. The van der Waals surface area contributed by atoms with Gasteiger partial charge in [-0.25, -0.2) is 4.98 Å². The van der Waals surface area contributed by atoms with Gasteiger partial charge in [0.15, 0.2) is 5.03 Å². The maximum atomic E-state index is 13.6. The van der Waals surface area contributed by atoms with Crippen LogP contribution in [-0.4, -0.2) is 54.5 Å². The van der Waals surface area contributed by atoms with E-state index < -0.39 is 10.0 Å². The molecule has 1 aliphatic heterocycles. The lowest BCUT2D eigenvalue weighted by atomic mass is 9.84. The van der Waals surface area contributed by atoms with Gasteiger partial charge in [0.1, 0.15) is 0 Å². The highest BCUT2D eigenvalue weighted by Gasteiger charge is 2.31. The zero-order chi connectivity index (χ0) is 26.5. The van der Waals surface area contributed by atoms with Crippen molar-refractivity contribution in [1.29, 1.82) is 0 Å². The second-order valence-corrected chi connectivity index (χ2v) is 12.3. The summed E-state index contributed by atoms with van der Waals surface area (Å²) in [6.45, 7) is 2.46. The highest BCUT2D eigenvalue weighted by atomic mass is 32.2. The number of nitrogens with zero attached hydrogens (tertiary/aromatic N) is 4. The monoisotopic (exact) mass is 535 g/mol. The first-order chi connectivity index (χ1) is 18.4. The van der Waals surface area contributed by atoms with Crippen molar-refractivity contribution in [3.05, 3.63) is 78.2 Å². The smallest absolute Gasteiger partial charge is 0.283 e. The summed E-state index contributed by atoms with van der Waals surface area (Å²) < 4.78 is 30.2. The van der Waals surface area contributed by atoms with Crippen LogP contribution in [0.15, 0.2) is 72.1 Å². The molecule has 2 fully saturated rings. The largest absolute Gasteiger partial charge is 0.339 e. The van der Waals surface area contributed by atoms with E-state index in [1.807, 2.05) is 35.2 Å². The number of sulfonamides is 1. The first kappa shape index (κ1) is 26.4. The number of rotatable bonds is 8. The molecule has 1 saturated carbocycles. The standard InChI is InChI=1S/C29H37N5O3S/c1-32-21-28(31-22-32)38(36,37)34(20-24-10-6-3-7-11-24)26-14-12-25(13-15-26)29(35)33-17-16-30-19-27(33)18-23-8-4-2-5-9-23/h3,6-7,10-15,21-23,27,30H,2,4-5,8-9,16-20H2,1H3. The number of aromatic nitrogens is 2. The number of hydrogen-bond donors (Lipinski definition) is 1. The predicted molar refractivity (Wildman–Crippen MR) is 148 cm³/mol. The molecule has 1 amide bonds. The number of hydrogen-bond acceptors (Lipinski definition) is 5. The van der Waals surface area contributed by atoms with Gasteiger partial charge in [-0.15, -0.1) is 0 Å². The first-order valence-corrected chi connectivity index (χ1v) is 15.0. The number of benzene rings is 2. The molecule has 9 heteroatoms. The number of nitrogens with one attached hydrogen (secondary N) is 1. The summed E-state index contributed by atoms with van der Waals surface area (Å²) in [5.74, 6) is 0.704. The van der Waals surface area contributed by atoms with E-state index in [1.54, 1.807) is 35.9 Å². The molecule has 3 aromatic rings. The van der Waals surface area contributed by atoms with Crippen LogP contribution in [0.2, 0.25) is 0 Å². The van der Waals surface area contributed by atoms with E-state index in [2.05, 4.69) is 10.3 Å². The zero-order valence-corrected chi connectivity index (χ0v) is 22.8. The highest BCUT2D eigenvalue weighted by Crippen LogP contribution is 2.30. The molecule has 202 valence electrons. The Kier molecular flexibility index (Phi) is 8.14. The molecule has 2 heterocycles. The maximum Gasteiger partial charge on any atom is 0.283 e. The van der Waals surface area contributed by atoms with Crippen molar-refractivity contribution in [2.45, 2.75) is 56.1 Å². The van der Waals surface area contributed by atoms with Crippen LogP contribution in [0.1, 0.15) is 54.4 Å². The molecule has 1 aliphatic carbocycles. The molecule has 0 spiro atoms. The van der Waals surface area contributed by atoms with Gasteiger partial charge in [0, 0.05) is 44.5 Å². The van der Waals surface area contributed by atoms with Crippen LogP contribution in [0.25, 0.3) is 0 Å². The summed E-state index contributed by atoms with van der Waals surface area (Å²) in [7, 11) is -2.17. The minimum absolute atomic E-state index is 0.0116. The fourth-order valence-corrected chi connectivity index (χ4v) is 7.11. The van der Waals surface area contributed by atoms with E-state index in [-0.39, 0.29) is 23.5 Å². The first-order valence-electron chi connectivity index (χ1n) is 13.6. The number of anilines is 1. The number of imidazole rings is 1. The molecule has 0 radical (unpaired) electrons. The van der Waals surface area contributed by atoms with Crippen LogP contribution in [0.3, 0.4) is 0 Å². The Balaban J connectivity index is 1.38. The average molecular weight is 536 g/mol. The predicted octanol–water partition coefficient (Wildman–Crippen LogP) is 4.20. The topological polar surface area (TPSA) is 87.5 Å². The van der Waals surface area contributed by atoms with E-state index in [9.17, 15) is 13.2 Å². The number of amides is 1. The fraction of sp³-hybridized carbons (Fsp3) is 0.448. The van der Waals surface area contributed by atoms with Crippen LogP contribution in [-0.2, 0) is 23.6 Å². The van der Waals surface area contributed by atoms with Gasteiger partial charge in [0.2, 0.25) is 0 Å². The normalized spacial score (nSPS) is 18.9. The van der Waals surface area contributed by atoms with Crippen LogP contribution in [0.5, 0.6) is 0 Å². The van der Waals surface area contributed by atoms with Crippen molar-refractivity contribution in [2.75, 3.05) is 23.9 Å². The Morgan fingerprint density at radius 2 is 1.79 bits per heavy atom. The summed E-state index contributed by atoms with van der Waals surface area (Å²) >= 11 is 0. The van der Waals surface area contributed by atoms with Gasteiger partial charge in [0.25, 0.3) is 15.9 Å². The zero-order valence-electron chi connectivity index (χ0n) is 22.0. The van der Waals surface area contributed by atoms with Gasteiger partial charge in [-0.05, 0) is 42.2 Å². The molecule has 1 unspecified atom stereocenters. The third-order valence-corrected chi connectivity index (χ3v) is 9.41. The Bertz CT molecular complexity index is 1320. The Labute approximate surface area is 225 Å². The molecule has 0 bridgehead atoms. The molecule has 1 atom stereocenters.